The van der Waals surface area contributed by atoms with Crippen molar-refractivity contribution < 1.29 is 4.79 Å². The van der Waals surface area contributed by atoms with Gasteiger partial charge in [0.05, 0.1) is 17.3 Å². The molecule has 7 heteroatoms. The second-order valence-electron chi connectivity index (χ2n) is 5.16. The second kappa shape index (κ2) is 5.66. The third kappa shape index (κ3) is 3.04. The van der Waals surface area contributed by atoms with Gasteiger partial charge in [-0.25, -0.2) is 9.67 Å². The fourth-order valence-corrected chi connectivity index (χ4v) is 2.61. The van der Waals surface area contributed by atoms with Crippen LogP contribution in [0.1, 0.15) is 36.3 Å². The van der Waals surface area contributed by atoms with Gasteiger partial charge >= 0.3 is 0 Å². The zero-order valence-electron chi connectivity index (χ0n) is 11.4. The first kappa shape index (κ1) is 14.4. The van der Waals surface area contributed by atoms with Crippen LogP contribution in [0.25, 0.3) is 0 Å². The van der Waals surface area contributed by atoms with Crippen LogP contribution in [-0.2, 0) is 0 Å². The number of anilines is 1. The topological polar surface area (TPSA) is 59.8 Å². The lowest BCUT2D eigenvalue weighted by atomic mass is 10.2. The van der Waals surface area contributed by atoms with E-state index in [0.717, 1.165) is 0 Å². The van der Waals surface area contributed by atoms with Crippen LogP contribution in [0.2, 0.25) is 10.2 Å². The molecule has 0 aliphatic heterocycles. The number of halogens is 2. The van der Waals surface area contributed by atoms with Gasteiger partial charge in [-0.15, -0.1) is 0 Å². The Bertz CT molecular complexity index is 681. The fourth-order valence-electron chi connectivity index (χ4n) is 2.27. The number of rotatable bonds is 4. The Kier molecular flexibility index (Phi) is 3.87. The van der Waals surface area contributed by atoms with Gasteiger partial charge in [-0.3, -0.25) is 4.79 Å². The highest BCUT2D eigenvalue weighted by Gasteiger charge is 2.31. The van der Waals surface area contributed by atoms with Gasteiger partial charge in [0.2, 0.25) is 0 Å². The Hall–Kier alpha value is -1.59. The van der Waals surface area contributed by atoms with E-state index in [4.69, 9.17) is 23.2 Å². The van der Waals surface area contributed by atoms with Gasteiger partial charge in [-0.05, 0) is 37.8 Å². The monoisotopic (exact) mass is 324 g/mol. The van der Waals surface area contributed by atoms with Crippen LogP contribution in [-0.4, -0.2) is 20.7 Å². The van der Waals surface area contributed by atoms with Gasteiger partial charge in [0.25, 0.3) is 5.91 Å². The van der Waals surface area contributed by atoms with Crippen LogP contribution in [0.5, 0.6) is 0 Å². The number of pyridine rings is 1. The van der Waals surface area contributed by atoms with E-state index < -0.39 is 5.91 Å². The van der Waals surface area contributed by atoms with Gasteiger partial charge in [0, 0.05) is 6.07 Å². The normalized spacial score (nSPS) is 15.8. The molecule has 1 aliphatic carbocycles. The molecule has 21 heavy (non-hydrogen) atoms. The molecule has 0 saturated heterocycles. The fraction of sp³-hybridized carbons (Fsp3) is 0.357. The Morgan fingerprint density at radius 3 is 2.86 bits per heavy atom. The number of hydrogen-bond donors (Lipinski definition) is 1. The number of nitrogens with zero attached hydrogens (tertiary/aromatic N) is 3. The molecule has 2 aromatic heterocycles. The average Bonchev–Trinajstić information content (AvgIpc) is 3.21. The molecule has 2 aromatic rings. The molecule has 1 atom stereocenters. The van der Waals surface area contributed by atoms with Crippen LogP contribution >= 0.6 is 23.2 Å². The average molecular weight is 325 g/mol. The highest BCUT2D eigenvalue weighted by molar-refractivity contribution is 6.35. The van der Waals surface area contributed by atoms with Crippen molar-refractivity contribution in [3.63, 3.8) is 0 Å². The summed E-state index contributed by atoms with van der Waals surface area (Å²) in [6.07, 6.45) is 4.08. The molecule has 0 spiro atoms. The number of hydrogen-bond acceptors (Lipinski definition) is 3. The molecular formula is C14H14Cl2N4O. The molecule has 1 aliphatic rings. The molecule has 1 unspecified atom stereocenters. The van der Waals surface area contributed by atoms with Crippen LogP contribution in [0.15, 0.2) is 24.4 Å². The number of nitrogens with one attached hydrogen (secondary N) is 1. The number of amides is 1. The summed E-state index contributed by atoms with van der Waals surface area (Å²) < 4.78 is 1.83. The maximum atomic E-state index is 12.3. The predicted octanol–water partition coefficient (Wildman–Crippen LogP) is 3.81. The number of carbonyl (C=O) groups is 1. The summed E-state index contributed by atoms with van der Waals surface area (Å²) in [4.78, 5) is 16.3. The van der Waals surface area contributed by atoms with Gasteiger partial charge in [-0.1, -0.05) is 23.2 Å². The SMILES string of the molecule is CC(C1CC1)n1nccc1NC(=O)c1nc(Cl)ccc1Cl. The van der Waals surface area contributed by atoms with E-state index in [1.807, 2.05) is 4.68 Å². The minimum absolute atomic E-state index is 0.107. The molecule has 1 fully saturated rings. The summed E-state index contributed by atoms with van der Waals surface area (Å²) in [6, 6.07) is 5.11. The minimum Gasteiger partial charge on any atom is -0.305 e. The smallest absolute Gasteiger partial charge is 0.277 e. The van der Waals surface area contributed by atoms with Gasteiger partial charge < -0.3 is 5.32 Å². The Labute approximate surface area is 132 Å². The Morgan fingerprint density at radius 2 is 2.14 bits per heavy atom. The molecule has 1 saturated carbocycles. The van der Waals surface area contributed by atoms with E-state index >= 15 is 0 Å². The zero-order valence-corrected chi connectivity index (χ0v) is 12.9. The summed E-state index contributed by atoms with van der Waals surface area (Å²) >= 11 is 11.8. The molecule has 0 aromatic carbocycles. The van der Waals surface area contributed by atoms with E-state index in [-0.39, 0.29) is 21.9 Å². The summed E-state index contributed by atoms with van der Waals surface area (Å²) in [6.45, 7) is 2.10. The van der Waals surface area contributed by atoms with Crippen molar-refractivity contribution in [2.24, 2.45) is 5.92 Å². The Balaban J connectivity index is 1.82. The van der Waals surface area contributed by atoms with E-state index in [1.54, 1.807) is 24.4 Å². The van der Waals surface area contributed by atoms with E-state index in [0.29, 0.717) is 11.7 Å². The molecule has 0 radical (unpaired) electrons. The van der Waals surface area contributed by atoms with Crippen molar-refractivity contribution in [2.75, 3.05) is 5.32 Å². The lowest BCUT2D eigenvalue weighted by molar-refractivity contribution is 0.102. The first-order valence-corrected chi connectivity index (χ1v) is 7.49. The van der Waals surface area contributed by atoms with Crippen molar-refractivity contribution in [3.8, 4) is 0 Å². The third-order valence-corrected chi connectivity index (χ3v) is 4.14. The van der Waals surface area contributed by atoms with Crippen LogP contribution in [0, 0.1) is 5.92 Å². The second-order valence-corrected chi connectivity index (χ2v) is 5.95. The Morgan fingerprint density at radius 1 is 1.38 bits per heavy atom. The number of aromatic nitrogens is 3. The van der Waals surface area contributed by atoms with Crippen LogP contribution in [0.3, 0.4) is 0 Å². The van der Waals surface area contributed by atoms with Crippen molar-refractivity contribution in [3.05, 3.63) is 40.3 Å². The van der Waals surface area contributed by atoms with Gasteiger partial charge in [0.15, 0.2) is 0 Å². The van der Waals surface area contributed by atoms with E-state index in [1.165, 1.54) is 12.8 Å². The summed E-state index contributed by atoms with van der Waals surface area (Å²) in [5.41, 5.74) is 0.107. The molecule has 1 amide bonds. The maximum absolute atomic E-state index is 12.3. The molecule has 2 heterocycles. The molecule has 1 N–H and O–H groups in total. The van der Waals surface area contributed by atoms with Gasteiger partial charge in [-0.2, -0.15) is 5.10 Å². The summed E-state index contributed by atoms with van der Waals surface area (Å²) in [7, 11) is 0. The van der Waals surface area contributed by atoms with Crippen molar-refractivity contribution >= 4 is 34.9 Å². The van der Waals surface area contributed by atoms with E-state index in [2.05, 4.69) is 22.3 Å². The first-order valence-electron chi connectivity index (χ1n) is 6.73. The largest absolute Gasteiger partial charge is 0.305 e. The molecule has 3 rings (SSSR count). The third-order valence-electron chi connectivity index (χ3n) is 3.63. The highest BCUT2D eigenvalue weighted by Crippen LogP contribution is 2.40. The lowest BCUT2D eigenvalue weighted by Crippen LogP contribution is -2.19. The lowest BCUT2D eigenvalue weighted by Gasteiger charge is -2.15. The summed E-state index contributed by atoms with van der Waals surface area (Å²) in [5, 5.41) is 7.57. The van der Waals surface area contributed by atoms with Gasteiger partial charge in [0.1, 0.15) is 16.7 Å². The molecule has 5 nitrogen and oxygen atoms in total. The number of carbonyl (C=O) groups excluding carboxylic acids is 1. The molecule has 0 bridgehead atoms. The molecular weight excluding hydrogens is 311 g/mol. The highest BCUT2D eigenvalue weighted by atomic mass is 35.5. The quantitative estimate of drug-likeness (QED) is 0.870. The first-order chi connectivity index (χ1) is 10.1. The maximum Gasteiger partial charge on any atom is 0.277 e. The van der Waals surface area contributed by atoms with Crippen molar-refractivity contribution in [1.82, 2.24) is 14.8 Å². The minimum atomic E-state index is -0.396. The van der Waals surface area contributed by atoms with Crippen LogP contribution in [0.4, 0.5) is 5.82 Å². The predicted molar refractivity (Wildman–Crippen MR) is 81.9 cm³/mol. The standard InChI is InChI=1S/C14H14Cl2N4O/c1-8(9-2-3-9)20-12(6-7-17-20)19-14(21)13-10(15)4-5-11(16)18-13/h4-9H,2-3H2,1H3,(H,19,21). The van der Waals surface area contributed by atoms with E-state index in [9.17, 15) is 4.79 Å². The zero-order chi connectivity index (χ0) is 15.0. The van der Waals surface area contributed by atoms with Crippen molar-refractivity contribution in [1.29, 1.82) is 0 Å². The van der Waals surface area contributed by atoms with Crippen LogP contribution < -0.4 is 5.32 Å². The summed E-state index contributed by atoms with van der Waals surface area (Å²) in [5.74, 6) is 0.873. The molecule has 110 valence electrons. The van der Waals surface area contributed by atoms with Crippen molar-refractivity contribution in [2.45, 2.75) is 25.8 Å².